The summed E-state index contributed by atoms with van der Waals surface area (Å²) in [6, 6.07) is 1.54. The number of hydrogen-bond acceptors (Lipinski definition) is 6. The van der Waals surface area contributed by atoms with Gasteiger partial charge in [0.25, 0.3) is 5.91 Å². The van der Waals surface area contributed by atoms with Crippen LogP contribution in [0.15, 0.2) is 12.3 Å². The molecule has 0 unspecified atom stereocenters. The van der Waals surface area contributed by atoms with E-state index in [9.17, 15) is 9.59 Å². The molecule has 0 aliphatic heterocycles. The van der Waals surface area contributed by atoms with Gasteiger partial charge < -0.3 is 19.5 Å². The van der Waals surface area contributed by atoms with Crippen LogP contribution in [0.5, 0.6) is 11.5 Å². The van der Waals surface area contributed by atoms with Gasteiger partial charge in [-0.15, -0.1) is 0 Å². The summed E-state index contributed by atoms with van der Waals surface area (Å²) in [5.74, 6) is 0.0515. The minimum Gasteiger partial charge on any atom is -0.490 e. The summed E-state index contributed by atoms with van der Waals surface area (Å²) in [5.41, 5.74) is 0.165. The molecule has 7 heteroatoms. The highest BCUT2D eigenvalue weighted by molar-refractivity contribution is 5.94. The van der Waals surface area contributed by atoms with E-state index in [4.69, 9.17) is 14.2 Å². The number of ether oxygens (including phenoxy) is 3. The number of nitrogens with one attached hydrogen (secondary N) is 1. The highest BCUT2D eigenvalue weighted by Crippen LogP contribution is 2.27. The third-order valence-electron chi connectivity index (χ3n) is 3.27. The first-order valence-corrected chi connectivity index (χ1v) is 8.81. The van der Waals surface area contributed by atoms with Crippen molar-refractivity contribution in [2.45, 2.75) is 46.5 Å². The number of esters is 1. The van der Waals surface area contributed by atoms with Gasteiger partial charge in [0.2, 0.25) is 0 Å². The third kappa shape index (κ3) is 7.87. The molecule has 0 aliphatic rings. The molecule has 0 aliphatic carbocycles. The Morgan fingerprint density at radius 2 is 1.68 bits per heavy atom. The second-order valence-electron chi connectivity index (χ2n) is 5.41. The van der Waals surface area contributed by atoms with E-state index in [-0.39, 0.29) is 18.8 Å². The molecule has 0 aromatic carbocycles. The van der Waals surface area contributed by atoms with Crippen molar-refractivity contribution in [3.63, 3.8) is 0 Å². The Balaban J connectivity index is 2.76. The molecule has 1 amide bonds. The molecule has 0 radical (unpaired) electrons. The lowest BCUT2D eigenvalue weighted by Crippen LogP contribution is -2.31. The Hall–Kier alpha value is -2.31. The summed E-state index contributed by atoms with van der Waals surface area (Å²) in [4.78, 5) is 27.5. The van der Waals surface area contributed by atoms with Gasteiger partial charge in [-0.2, -0.15) is 0 Å². The number of rotatable bonds is 12. The van der Waals surface area contributed by atoms with Crippen molar-refractivity contribution in [1.82, 2.24) is 10.3 Å². The number of nitrogens with zero attached hydrogens (tertiary/aromatic N) is 1. The van der Waals surface area contributed by atoms with Crippen molar-refractivity contribution in [1.29, 1.82) is 0 Å². The van der Waals surface area contributed by atoms with E-state index in [2.05, 4.69) is 24.1 Å². The fraction of sp³-hybridized carbons (Fsp3) is 0.611. The van der Waals surface area contributed by atoms with Crippen molar-refractivity contribution in [3.8, 4) is 11.5 Å². The lowest BCUT2D eigenvalue weighted by atomic mass is 10.3. The lowest BCUT2D eigenvalue weighted by molar-refractivity contribution is -0.141. The zero-order valence-electron chi connectivity index (χ0n) is 15.3. The molecule has 0 atom stereocenters. The van der Waals surface area contributed by atoms with Gasteiger partial charge in [-0.1, -0.05) is 26.7 Å². The summed E-state index contributed by atoms with van der Waals surface area (Å²) >= 11 is 0. The van der Waals surface area contributed by atoms with Crippen molar-refractivity contribution < 1.29 is 23.8 Å². The number of amides is 1. The lowest BCUT2D eigenvalue weighted by Gasteiger charge is -2.13. The molecular weight excluding hydrogens is 324 g/mol. The Labute approximate surface area is 149 Å². The zero-order chi connectivity index (χ0) is 18.5. The number of unbranched alkanes of at least 4 members (excludes halogenated alkanes) is 2. The zero-order valence-corrected chi connectivity index (χ0v) is 15.3. The van der Waals surface area contributed by atoms with E-state index in [0.717, 1.165) is 25.7 Å². The normalized spacial score (nSPS) is 10.2. The number of hydrogen-bond donors (Lipinski definition) is 1. The van der Waals surface area contributed by atoms with E-state index < -0.39 is 11.9 Å². The first-order chi connectivity index (χ1) is 12.1. The summed E-state index contributed by atoms with van der Waals surface area (Å²) in [6.07, 6.45) is 5.34. The molecule has 7 nitrogen and oxygen atoms in total. The van der Waals surface area contributed by atoms with Crippen LogP contribution in [0.25, 0.3) is 0 Å². The van der Waals surface area contributed by atoms with E-state index >= 15 is 0 Å². The van der Waals surface area contributed by atoms with Crippen LogP contribution in [0.2, 0.25) is 0 Å². The summed E-state index contributed by atoms with van der Waals surface area (Å²) < 4.78 is 16.2. The maximum absolute atomic E-state index is 12.1. The highest BCUT2D eigenvalue weighted by Gasteiger charge is 2.14. The van der Waals surface area contributed by atoms with Crippen molar-refractivity contribution in [3.05, 3.63) is 18.0 Å². The molecule has 0 saturated heterocycles. The fourth-order valence-electron chi connectivity index (χ4n) is 1.88. The fourth-order valence-corrected chi connectivity index (χ4v) is 1.88. The maximum Gasteiger partial charge on any atom is 0.325 e. The third-order valence-corrected chi connectivity index (χ3v) is 3.27. The quantitative estimate of drug-likeness (QED) is 0.460. The minimum atomic E-state index is -0.491. The monoisotopic (exact) mass is 352 g/mol. The molecule has 0 bridgehead atoms. The molecular formula is C18H28N2O5. The van der Waals surface area contributed by atoms with Crippen LogP contribution < -0.4 is 14.8 Å². The summed E-state index contributed by atoms with van der Waals surface area (Å²) in [6.45, 7) is 7.03. The predicted octanol–water partition coefficient (Wildman–Crippen LogP) is 2.73. The highest BCUT2D eigenvalue weighted by atomic mass is 16.5. The predicted molar refractivity (Wildman–Crippen MR) is 94.0 cm³/mol. The van der Waals surface area contributed by atoms with E-state index in [1.165, 1.54) is 12.3 Å². The van der Waals surface area contributed by atoms with Crippen LogP contribution in [0.3, 0.4) is 0 Å². The van der Waals surface area contributed by atoms with E-state index in [1.54, 1.807) is 6.92 Å². The average molecular weight is 352 g/mol. The van der Waals surface area contributed by atoms with Crippen molar-refractivity contribution in [2.24, 2.45) is 0 Å². The SMILES string of the molecule is CCCCOc1cnc(C(=O)NCC(=O)OCC)cc1OCCCC. The molecule has 1 rings (SSSR count). The van der Waals surface area contributed by atoms with Crippen molar-refractivity contribution in [2.75, 3.05) is 26.4 Å². The molecule has 0 fully saturated rings. The standard InChI is InChI=1S/C18H28N2O5/c1-4-7-9-24-15-11-14(18(22)20-13-17(21)23-6-3)19-12-16(15)25-10-8-5-2/h11-12H,4-10,13H2,1-3H3,(H,20,22). The van der Waals surface area contributed by atoms with Gasteiger partial charge >= 0.3 is 5.97 Å². The Morgan fingerprint density at radius 1 is 1.04 bits per heavy atom. The maximum atomic E-state index is 12.1. The molecule has 1 heterocycles. The Bertz CT molecular complexity index is 548. The van der Waals surface area contributed by atoms with E-state index in [0.29, 0.717) is 24.7 Å². The molecule has 25 heavy (non-hydrogen) atoms. The number of carbonyl (C=O) groups excluding carboxylic acids is 2. The Kier molecular flexibility index (Phi) is 10.0. The second kappa shape index (κ2) is 12.1. The van der Waals surface area contributed by atoms with Gasteiger partial charge in [0, 0.05) is 6.07 Å². The van der Waals surface area contributed by atoms with Gasteiger partial charge in [-0.25, -0.2) is 4.98 Å². The van der Waals surface area contributed by atoms with Crippen LogP contribution in [0, 0.1) is 0 Å². The minimum absolute atomic E-state index is 0.165. The van der Waals surface area contributed by atoms with Crippen LogP contribution >= 0.6 is 0 Å². The van der Waals surface area contributed by atoms with Crippen molar-refractivity contribution >= 4 is 11.9 Å². The first-order valence-electron chi connectivity index (χ1n) is 8.81. The second-order valence-corrected chi connectivity index (χ2v) is 5.41. The van der Waals surface area contributed by atoms with Gasteiger partial charge in [-0.05, 0) is 19.8 Å². The number of pyridine rings is 1. The average Bonchev–Trinajstić information content (AvgIpc) is 2.61. The number of aromatic nitrogens is 1. The topological polar surface area (TPSA) is 86.8 Å². The summed E-state index contributed by atoms with van der Waals surface area (Å²) in [5, 5.41) is 2.48. The van der Waals surface area contributed by atoms with Gasteiger partial charge in [0.05, 0.1) is 26.0 Å². The van der Waals surface area contributed by atoms with Gasteiger partial charge in [0.1, 0.15) is 12.2 Å². The molecule has 1 aromatic rings. The van der Waals surface area contributed by atoms with Gasteiger partial charge in [0.15, 0.2) is 11.5 Å². The first kappa shape index (κ1) is 20.7. The van der Waals surface area contributed by atoms with Crippen LogP contribution in [-0.2, 0) is 9.53 Å². The molecule has 1 aromatic heterocycles. The van der Waals surface area contributed by atoms with Crippen LogP contribution in [-0.4, -0.2) is 43.2 Å². The Morgan fingerprint density at radius 3 is 2.28 bits per heavy atom. The van der Waals surface area contributed by atoms with Crippen LogP contribution in [0.4, 0.5) is 0 Å². The van der Waals surface area contributed by atoms with Gasteiger partial charge in [-0.3, -0.25) is 9.59 Å². The van der Waals surface area contributed by atoms with E-state index in [1.807, 2.05) is 0 Å². The molecule has 0 spiro atoms. The smallest absolute Gasteiger partial charge is 0.325 e. The molecule has 0 saturated carbocycles. The molecule has 1 N–H and O–H groups in total. The molecule has 140 valence electrons. The summed E-state index contributed by atoms with van der Waals surface area (Å²) in [7, 11) is 0. The van der Waals surface area contributed by atoms with Crippen LogP contribution in [0.1, 0.15) is 56.9 Å². The number of carbonyl (C=O) groups is 2. The largest absolute Gasteiger partial charge is 0.490 e.